The van der Waals surface area contributed by atoms with Gasteiger partial charge >= 0.3 is 0 Å². The fourth-order valence-electron chi connectivity index (χ4n) is 1.01. The number of alkyl halides is 1. The van der Waals surface area contributed by atoms with Crippen LogP contribution in [0.4, 0.5) is 13.2 Å². The van der Waals surface area contributed by atoms with Gasteiger partial charge in [-0.2, -0.15) is 5.26 Å². The molecule has 0 saturated heterocycles. The van der Waals surface area contributed by atoms with Gasteiger partial charge in [0, 0.05) is 0 Å². The quantitative estimate of drug-likeness (QED) is 0.681. The predicted molar refractivity (Wildman–Crippen MR) is 45.2 cm³/mol. The summed E-state index contributed by atoms with van der Waals surface area (Å²) in [4.78, 5) is 0. The molecular weight excluding hydrogens is 191 g/mol. The van der Waals surface area contributed by atoms with E-state index in [4.69, 9.17) is 5.26 Å². The zero-order valence-electron chi connectivity index (χ0n) is 7.74. The summed E-state index contributed by atoms with van der Waals surface area (Å²) in [5.74, 6) is -2.44. The summed E-state index contributed by atoms with van der Waals surface area (Å²) in [6, 6.07) is 3.24. The van der Waals surface area contributed by atoms with E-state index >= 15 is 0 Å². The number of nitrogens with zero attached hydrogens (tertiary/aromatic N) is 1. The third-order valence-electron chi connectivity index (χ3n) is 1.84. The zero-order chi connectivity index (χ0) is 10.9. The average Bonchev–Trinajstić information content (AvgIpc) is 2.07. The molecule has 0 unspecified atom stereocenters. The molecule has 1 aromatic rings. The lowest BCUT2D eigenvalue weighted by atomic mass is 9.98. The average molecular weight is 199 g/mol. The molecule has 0 amide bonds. The standard InChI is InChI=1S/C10H8F3N/c1-10(2,13)7-3-6(5-14)9(12)8(11)4-7/h3-4H,1-2H3. The first-order chi connectivity index (χ1) is 6.36. The highest BCUT2D eigenvalue weighted by Crippen LogP contribution is 2.27. The fourth-order valence-corrected chi connectivity index (χ4v) is 1.01. The monoisotopic (exact) mass is 199 g/mol. The van der Waals surface area contributed by atoms with Crippen LogP contribution in [0, 0.1) is 23.0 Å². The van der Waals surface area contributed by atoms with Gasteiger partial charge in [-0.15, -0.1) is 0 Å². The van der Waals surface area contributed by atoms with Crippen LogP contribution in [-0.2, 0) is 5.67 Å². The minimum absolute atomic E-state index is 0.0482. The lowest BCUT2D eigenvalue weighted by molar-refractivity contribution is 0.220. The van der Waals surface area contributed by atoms with E-state index in [0.717, 1.165) is 12.1 Å². The van der Waals surface area contributed by atoms with Gasteiger partial charge in [0.25, 0.3) is 0 Å². The first kappa shape index (κ1) is 10.6. The molecule has 0 atom stereocenters. The predicted octanol–water partition coefficient (Wildman–Crippen LogP) is 3.04. The van der Waals surface area contributed by atoms with Crippen LogP contribution < -0.4 is 0 Å². The molecule has 0 aromatic heterocycles. The van der Waals surface area contributed by atoms with Gasteiger partial charge in [-0.25, -0.2) is 13.2 Å². The highest BCUT2D eigenvalue weighted by Gasteiger charge is 2.22. The smallest absolute Gasteiger partial charge is 0.176 e. The summed E-state index contributed by atoms with van der Waals surface area (Å²) in [5, 5.41) is 8.45. The van der Waals surface area contributed by atoms with Gasteiger partial charge in [0.15, 0.2) is 11.6 Å². The highest BCUT2D eigenvalue weighted by molar-refractivity contribution is 5.37. The number of nitriles is 1. The van der Waals surface area contributed by atoms with Crippen LogP contribution in [0.25, 0.3) is 0 Å². The van der Waals surface area contributed by atoms with Crippen LogP contribution in [0.3, 0.4) is 0 Å². The lowest BCUT2D eigenvalue weighted by Gasteiger charge is -2.14. The van der Waals surface area contributed by atoms with Crippen molar-refractivity contribution in [3.63, 3.8) is 0 Å². The molecule has 0 fully saturated rings. The van der Waals surface area contributed by atoms with Crippen LogP contribution >= 0.6 is 0 Å². The molecule has 0 radical (unpaired) electrons. The molecule has 1 aromatic carbocycles. The number of hydrogen-bond donors (Lipinski definition) is 0. The van der Waals surface area contributed by atoms with E-state index in [-0.39, 0.29) is 5.56 Å². The van der Waals surface area contributed by atoms with Crippen molar-refractivity contribution in [2.75, 3.05) is 0 Å². The summed E-state index contributed by atoms with van der Waals surface area (Å²) in [6.45, 7) is 2.42. The molecule has 14 heavy (non-hydrogen) atoms. The SMILES string of the molecule is CC(C)(F)c1cc(F)c(F)c(C#N)c1. The van der Waals surface area contributed by atoms with Crippen molar-refractivity contribution in [2.45, 2.75) is 19.5 Å². The molecule has 0 aliphatic heterocycles. The molecule has 1 rings (SSSR count). The van der Waals surface area contributed by atoms with Crippen molar-refractivity contribution in [1.29, 1.82) is 5.26 Å². The van der Waals surface area contributed by atoms with E-state index in [9.17, 15) is 13.2 Å². The summed E-state index contributed by atoms with van der Waals surface area (Å²) >= 11 is 0. The topological polar surface area (TPSA) is 23.8 Å². The summed E-state index contributed by atoms with van der Waals surface area (Å²) in [7, 11) is 0. The van der Waals surface area contributed by atoms with Crippen LogP contribution in [0.5, 0.6) is 0 Å². The van der Waals surface area contributed by atoms with Crippen LogP contribution in [0.15, 0.2) is 12.1 Å². The maximum Gasteiger partial charge on any atom is 0.176 e. The Morgan fingerprint density at radius 3 is 2.29 bits per heavy atom. The summed E-state index contributed by atoms with van der Waals surface area (Å²) < 4.78 is 39.1. The van der Waals surface area contributed by atoms with Gasteiger partial charge in [0.05, 0.1) is 5.56 Å². The molecule has 1 nitrogen and oxygen atoms in total. The molecule has 0 bridgehead atoms. The fraction of sp³-hybridized carbons (Fsp3) is 0.300. The molecule has 0 heterocycles. The Morgan fingerprint density at radius 2 is 1.86 bits per heavy atom. The van der Waals surface area contributed by atoms with E-state index < -0.39 is 22.9 Å². The van der Waals surface area contributed by atoms with Crippen molar-refractivity contribution in [2.24, 2.45) is 0 Å². The minimum Gasteiger partial charge on any atom is -0.239 e. The molecule has 0 saturated carbocycles. The molecule has 0 aliphatic rings. The molecule has 74 valence electrons. The van der Waals surface area contributed by atoms with Crippen LogP contribution in [-0.4, -0.2) is 0 Å². The molecule has 0 N–H and O–H groups in total. The first-order valence-electron chi connectivity index (χ1n) is 3.95. The van der Waals surface area contributed by atoms with Gasteiger partial charge in [0.1, 0.15) is 11.7 Å². The van der Waals surface area contributed by atoms with Crippen molar-refractivity contribution < 1.29 is 13.2 Å². The maximum atomic E-state index is 13.4. The Kier molecular flexibility index (Phi) is 2.52. The largest absolute Gasteiger partial charge is 0.239 e. The van der Waals surface area contributed by atoms with Crippen molar-refractivity contribution >= 4 is 0 Å². The van der Waals surface area contributed by atoms with E-state index in [1.807, 2.05) is 0 Å². The molecule has 4 heteroatoms. The van der Waals surface area contributed by atoms with E-state index in [2.05, 4.69) is 0 Å². The number of hydrogen-bond acceptors (Lipinski definition) is 1. The Morgan fingerprint density at radius 1 is 1.29 bits per heavy atom. The van der Waals surface area contributed by atoms with Gasteiger partial charge < -0.3 is 0 Å². The Labute approximate surface area is 79.8 Å². The number of benzene rings is 1. The van der Waals surface area contributed by atoms with Crippen molar-refractivity contribution in [3.05, 3.63) is 34.9 Å². The van der Waals surface area contributed by atoms with Crippen molar-refractivity contribution in [1.82, 2.24) is 0 Å². The van der Waals surface area contributed by atoms with Gasteiger partial charge in [-0.3, -0.25) is 0 Å². The molecular formula is C10H8F3N. The van der Waals surface area contributed by atoms with E-state index in [0.29, 0.717) is 0 Å². The molecule has 0 spiro atoms. The van der Waals surface area contributed by atoms with Crippen molar-refractivity contribution in [3.8, 4) is 6.07 Å². The lowest BCUT2D eigenvalue weighted by Crippen LogP contribution is -2.10. The second-order valence-electron chi connectivity index (χ2n) is 3.40. The molecule has 0 aliphatic carbocycles. The third kappa shape index (κ3) is 1.87. The Hall–Kier alpha value is -1.50. The van der Waals surface area contributed by atoms with Crippen LogP contribution in [0.2, 0.25) is 0 Å². The highest BCUT2D eigenvalue weighted by atomic mass is 19.2. The Bertz CT molecular complexity index is 399. The van der Waals surface area contributed by atoms with Crippen LogP contribution in [0.1, 0.15) is 25.0 Å². The van der Waals surface area contributed by atoms with Gasteiger partial charge in [-0.05, 0) is 31.5 Å². The van der Waals surface area contributed by atoms with E-state index in [1.54, 1.807) is 0 Å². The number of rotatable bonds is 1. The first-order valence-corrected chi connectivity index (χ1v) is 3.95. The maximum absolute atomic E-state index is 13.4. The summed E-state index contributed by atoms with van der Waals surface area (Å²) in [6.07, 6.45) is 0. The Balaban J connectivity index is 3.40. The van der Waals surface area contributed by atoms with Gasteiger partial charge in [0.2, 0.25) is 0 Å². The second-order valence-corrected chi connectivity index (χ2v) is 3.40. The van der Waals surface area contributed by atoms with Gasteiger partial charge in [-0.1, -0.05) is 0 Å². The third-order valence-corrected chi connectivity index (χ3v) is 1.84. The zero-order valence-corrected chi connectivity index (χ0v) is 7.74. The summed E-state index contributed by atoms with van der Waals surface area (Å²) in [5.41, 5.74) is -2.32. The number of halogens is 3. The normalized spacial score (nSPS) is 11.1. The second kappa shape index (κ2) is 3.33. The minimum atomic E-state index is -1.79. The van der Waals surface area contributed by atoms with E-state index in [1.165, 1.54) is 19.9 Å².